The fourth-order valence-electron chi connectivity index (χ4n) is 2.83. The number of aromatic nitrogens is 4. The Kier molecular flexibility index (Phi) is 5.01. The quantitative estimate of drug-likeness (QED) is 0.722. The topological polar surface area (TPSA) is 91.0 Å². The number of fused-ring (bicyclic) bond motifs is 1. The van der Waals surface area contributed by atoms with Gasteiger partial charge < -0.3 is 10.1 Å². The monoisotopic (exact) mass is 355 g/mol. The van der Waals surface area contributed by atoms with E-state index in [4.69, 9.17) is 4.74 Å². The number of aryl methyl sites for hydroxylation is 1. The maximum atomic E-state index is 12.4. The summed E-state index contributed by atoms with van der Waals surface area (Å²) in [4.78, 5) is 29.1. The molecule has 0 aliphatic carbocycles. The van der Waals surface area contributed by atoms with Gasteiger partial charge in [0.2, 0.25) is 5.91 Å². The number of methoxy groups -OCH3 is 1. The number of rotatable bonds is 6. The summed E-state index contributed by atoms with van der Waals surface area (Å²) in [5, 5.41) is 7.38. The molecule has 1 aromatic carbocycles. The third kappa shape index (κ3) is 3.44. The fraction of sp³-hybridized carbons (Fsp3) is 0.333. The minimum absolute atomic E-state index is 0.0939. The average Bonchev–Trinajstić information content (AvgIpc) is 3.04. The molecule has 0 aliphatic heterocycles. The molecular weight excluding hydrogens is 334 g/mol. The summed E-state index contributed by atoms with van der Waals surface area (Å²) in [6.45, 7) is 1.90. The number of nitrogens with zero attached hydrogens (tertiary/aromatic N) is 4. The van der Waals surface area contributed by atoms with Crippen molar-refractivity contribution in [1.82, 2.24) is 24.6 Å². The second-order valence-corrected chi connectivity index (χ2v) is 5.98. The second kappa shape index (κ2) is 7.38. The van der Waals surface area contributed by atoms with Crippen LogP contribution in [0.15, 0.2) is 41.6 Å². The molecule has 0 spiro atoms. The molecule has 136 valence electrons. The summed E-state index contributed by atoms with van der Waals surface area (Å²) < 4.78 is 7.97. The molecule has 2 heterocycles. The van der Waals surface area contributed by atoms with Crippen molar-refractivity contribution in [3.8, 4) is 5.75 Å². The molecule has 1 amide bonds. The van der Waals surface area contributed by atoms with Gasteiger partial charge in [-0.15, -0.1) is 0 Å². The van der Waals surface area contributed by atoms with E-state index in [1.54, 1.807) is 14.2 Å². The minimum atomic E-state index is -0.282. The van der Waals surface area contributed by atoms with Gasteiger partial charge in [-0.1, -0.05) is 19.1 Å². The van der Waals surface area contributed by atoms with Crippen molar-refractivity contribution in [2.75, 3.05) is 7.11 Å². The molecule has 0 saturated carbocycles. The van der Waals surface area contributed by atoms with Gasteiger partial charge in [0, 0.05) is 7.05 Å². The summed E-state index contributed by atoms with van der Waals surface area (Å²) >= 11 is 0. The molecule has 0 bridgehead atoms. The zero-order valence-corrected chi connectivity index (χ0v) is 15.0. The number of nitrogens with one attached hydrogen (secondary N) is 1. The van der Waals surface area contributed by atoms with Gasteiger partial charge >= 0.3 is 0 Å². The summed E-state index contributed by atoms with van der Waals surface area (Å²) in [5.41, 5.74) is 1.20. The Hall–Kier alpha value is -3.16. The van der Waals surface area contributed by atoms with Crippen LogP contribution < -0.4 is 15.6 Å². The summed E-state index contributed by atoms with van der Waals surface area (Å²) in [7, 11) is 3.32. The van der Waals surface area contributed by atoms with Crippen molar-refractivity contribution in [3.63, 3.8) is 0 Å². The Bertz CT molecular complexity index is 975. The first kappa shape index (κ1) is 17.7. The van der Waals surface area contributed by atoms with Crippen LogP contribution in [0.4, 0.5) is 0 Å². The molecule has 26 heavy (non-hydrogen) atoms. The van der Waals surface area contributed by atoms with E-state index in [2.05, 4.69) is 15.4 Å². The van der Waals surface area contributed by atoms with Crippen LogP contribution in [-0.4, -0.2) is 32.3 Å². The van der Waals surface area contributed by atoms with Gasteiger partial charge in [0.25, 0.3) is 5.56 Å². The van der Waals surface area contributed by atoms with Crippen LogP contribution in [0.5, 0.6) is 5.75 Å². The molecule has 1 atom stereocenters. The molecule has 8 heteroatoms. The highest BCUT2D eigenvalue weighted by Gasteiger charge is 2.15. The van der Waals surface area contributed by atoms with Gasteiger partial charge in [0.05, 0.1) is 19.3 Å². The van der Waals surface area contributed by atoms with Crippen LogP contribution in [0.25, 0.3) is 11.0 Å². The van der Waals surface area contributed by atoms with Gasteiger partial charge in [-0.05, 0) is 24.1 Å². The SMILES string of the molecule is CC[C@@H](NC(=O)Cn1cnc2c(cnn2C)c1=O)c1ccc(OC)cc1. The number of amides is 1. The number of ether oxygens (including phenoxy) is 1. The number of benzene rings is 1. The molecule has 0 unspecified atom stereocenters. The van der Waals surface area contributed by atoms with Crippen molar-refractivity contribution in [1.29, 1.82) is 0 Å². The second-order valence-electron chi connectivity index (χ2n) is 5.98. The highest BCUT2D eigenvalue weighted by atomic mass is 16.5. The van der Waals surface area contributed by atoms with E-state index in [1.165, 1.54) is 21.8 Å². The van der Waals surface area contributed by atoms with E-state index in [1.807, 2.05) is 31.2 Å². The molecule has 3 aromatic rings. The number of carbonyl (C=O) groups excluding carboxylic acids is 1. The highest BCUT2D eigenvalue weighted by molar-refractivity contribution is 5.77. The normalized spacial score (nSPS) is 12.1. The molecule has 0 aliphatic rings. The van der Waals surface area contributed by atoms with Crippen LogP contribution in [0, 0.1) is 0 Å². The Morgan fingerprint density at radius 3 is 2.69 bits per heavy atom. The zero-order valence-electron chi connectivity index (χ0n) is 15.0. The first-order valence-corrected chi connectivity index (χ1v) is 8.34. The maximum Gasteiger partial charge on any atom is 0.264 e. The summed E-state index contributed by atoms with van der Waals surface area (Å²) in [5.74, 6) is 0.511. The van der Waals surface area contributed by atoms with Crippen molar-refractivity contribution in [2.24, 2.45) is 7.05 Å². The van der Waals surface area contributed by atoms with Gasteiger partial charge in [-0.3, -0.25) is 18.8 Å². The molecular formula is C18H21N5O3. The predicted molar refractivity (Wildman–Crippen MR) is 96.9 cm³/mol. The van der Waals surface area contributed by atoms with E-state index >= 15 is 0 Å². The summed E-state index contributed by atoms with van der Waals surface area (Å²) in [6, 6.07) is 7.41. The largest absolute Gasteiger partial charge is 0.497 e. The highest BCUT2D eigenvalue weighted by Crippen LogP contribution is 2.20. The van der Waals surface area contributed by atoms with E-state index in [0.717, 1.165) is 17.7 Å². The zero-order chi connectivity index (χ0) is 18.7. The van der Waals surface area contributed by atoms with Gasteiger partial charge in [-0.2, -0.15) is 5.10 Å². The third-order valence-corrected chi connectivity index (χ3v) is 4.29. The molecule has 0 saturated heterocycles. The van der Waals surface area contributed by atoms with E-state index in [9.17, 15) is 9.59 Å². The maximum absolute atomic E-state index is 12.4. The fourth-order valence-corrected chi connectivity index (χ4v) is 2.83. The molecule has 1 N–H and O–H groups in total. The lowest BCUT2D eigenvalue weighted by Crippen LogP contribution is -2.34. The van der Waals surface area contributed by atoms with Crippen LogP contribution >= 0.6 is 0 Å². The van der Waals surface area contributed by atoms with Crippen LogP contribution in [0.2, 0.25) is 0 Å². The predicted octanol–water partition coefficient (Wildman–Crippen LogP) is 1.41. The van der Waals surface area contributed by atoms with Crippen LogP contribution in [-0.2, 0) is 18.4 Å². The van der Waals surface area contributed by atoms with Gasteiger partial charge in [0.1, 0.15) is 24.0 Å². The lowest BCUT2D eigenvalue weighted by molar-refractivity contribution is -0.122. The average molecular weight is 355 g/mol. The molecule has 3 rings (SSSR count). The first-order valence-electron chi connectivity index (χ1n) is 8.34. The van der Waals surface area contributed by atoms with Crippen LogP contribution in [0.3, 0.4) is 0 Å². The van der Waals surface area contributed by atoms with Gasteiger partial charge in [0.15, 0.2) is 5.65 Å². The Morgan fingerprint density at radius 1 is 1.31 bits per heavy atom. The van der Waals surface area contributed by atoms with Gasteiger partial charge in [-0.25, -0.2) is 4.98 Å². The molecule has 0 fully saturated rings. The van der Waals surface area contributed by atoms with E-state index < -0.39 is 0 Å². The third-order valence-electron chi connectivity index (χ3n) is 4.29. The lowest BCUT2D eigenvalue weighted by atomic mass is 10.0. The van der Waals surface area contributed by atoms with Crippen molar-refractivity contribution in [2.45, 2.75) is 25.9 Å². The molecule has 0 radical (unpaired) electrons. The molecule has 2 aromatic heterocycles. The number of carbonyl (C=O) groups is 1. The van der Waals surface area contributed by atoms with Crippen molar-refractivity contribution < 1.29 is 9.53 Å². The Labute approximate surface area is 150 Å². The van der Waals surface area contributed by atoms with Crippen molar-refractivity contribution >= 4 is 16.9 Å². The Balaban J connectivity index is 1.74. The van der Waals surface area contributed by atoms with Crippen molar-refractivity contribution in [3.05, 3.63) is 52.7 Å². The number of hydrogen-bond acceptors (Lipinski definition) is 5. The number of hydrogen-bond donors (Lipinski definition) is 1. The summed E-state index contributed by atoms with van der Waals surface area (Å²) in [6.07, 6.45) is 3.57. The molecule has 8 nitrogen and oxygen atoms in total. The first-order chi connectivity index (χ1) is 12.5. The smallest absolute Gasteiger partial charge is 0.264 e. The minimum Gasteiger partial charge on any atom is -0.497 e. The van der Waals surface area contributed by atoms with Crippen LogP contribution in [0.1, 0.15) is 24.9 Å². The lowest BCUT2D eigenvalue weighted by Gasteiger charge is -2.18. The van der Waals surface area contributed by atoms with E-state index in [-0.39, 0.29) is 24.1 Å². The standard InChI is InChI=1S/C18H21N5O3/c1-4-15(12-5-7-13(26-3)8-6-12)21-16(24)10-23-11-19-17-14(18(23)25)9-20-22(17)2/h5-9,11,15H,4,10H2,1-3H3,(H,21,24)/t15-/m1/s1. The van der Waals surface area contributed by atoms with E-state index in [0.29, 0.717) is 11.0 Å². The Morgan fingerprint density at radius 2 is 2.04 bits per heavy atom.